The fourth-order valence-electron chi connectivity index (χ4n) is 7.81. The molecule has 4 aliphatic carbocycles. The Hall–Kier alpha value is -1.08. The lowest BCUT2D eigenvalue weighted by Gasteiger charge is -2.59. The minimum Gasteiger partial charge on any atom is -0.350 e. The predicted molar refractivity (Wildman–Crippen MR) is 102 cm³/mol. The molecule has 2 spiro atoms. The van der Waals surface area contributed by atoms with E-state index in [2.05, 4.69) is 6.92 Å². The zero-order valence-electron chi connectivity index (χ0n) is 19.1. The van der Waals surface area contributed by atoms with E-state index >= 15 is 0 Å². The van der Waals surface area contributed by atoms with Gasteiger partial charge in [0.1, 0.15) is 18.0 Å². The average Bonchev–Trinajstić information content (AvgIpc) is 3.39. The molecule has 6 nitrogen and oxygen atoms in total. The van der Waals surface area contributed by atoms with E-state index in [4.69, 9.17) is 21.7 Å². The van der Waals surface area contributed by atoms with Crippen molar-refractivity contribution < 1.29 is 31.3 Å². The minimum absolute atomic E-state index is 0.0529. The van der Waals surface area contributed by atoms with Gasteiger partial charge in [0.05, 0.1) is 0 Å². The fourth-order valence-corrected chi connectivity index (χ4v) is 7.81. The lowest BCUT2D eigenvalue weighted by Crippen LogP contribution is -2.65. The molecule has 0 radical (unpaired) electrons. The van der Waals surface area contributed by atoms with Gasteiger partial charge in [-0.05, 0) is 55.4 Å². The molecule has 3 saturated carbocycles. The number of rotatable bonds is 0. The van der Waals surface area contributed by atoms with Gasteiger partial charge in [-0.2, -0.15) is 0 Å². The first-order valence-electron chi connectivity index (χ1n) is 11.9. The molecule has 6 rings (SSSR count). The maximum atomic E-state index is 13.9. The van der Waals surface area contributed by atoms with Crippen LogP contribution >= 0.6 is 0 Å². The van der Waals surface area contributed by atoms with Crippen LogP contribution in [-0.2, 0) is 28.5 Å². The monoisotopic (exact) mass is 406 g/mol. The first-order valence-corrected chi connectivity index (χ1v) is 10.8. The van der Waals surface area contributed by atoms with Gasteiger partial charge in [-0.3, -0.25) is 9.59 Å². The van der Waals surface area contributed by atoms with Crippen LogP contribution in [0.2, 0.25) is 0 Å². The van der Waals surface area contributed by atoms with Crippen LogP contribution in [0.25, 0.3) is 0 Å². The zero-order chi connectivity index (χ0) is 21.8. The number of hydrogen-bond acceptors (Lipinski definition) is 6. The third kappa shape index (κ3) is 2.07. The summed E-state index contributed by atoms with van der Waals surface area (Å²) in [4.78, 5) is 26.1. The van der Waals surface area contributed by atoms with Gasteiger partial charge >= 0.3 is 0 Å². The Morgan fingerprint density at radius 2 is 1.97 bits per heavy atom. The molecule has 6 aliphatic rings. The topological polar surface area (TPSA) is 71.1 Å². The van der Waals surface area contributed by atoms with Crippen molar-refractivity contribution in [3.05, 3.63) is 11.6 Å². The summed E-state index contributed by atoms with van der Waals surface area (Å²) in [5, 5.41) is 0. The molecule has 9 atom stereocenters. The quantitative estimate of drug-likeness (QED) is 0.576. The Balaban J connectivity index is 1.46. The Labute approximate surface area is 174 Å². The lowest BCUT2D eigenvalue weighted by atomic mass is 9.46. The van der Waals surface area contributed by atoms with Crippen LogP contribution < -0.4 is 0 Å². The van der Waals surface area contributed by atoms with Gasteiger partial charge in [-0.25, -0.2) is 0 Å². The van der Waals surface area contributed by atoms with Gasteiger partial charge in [-0.1, -0.05) is 19.4 Å². The standard InChI is InChI=1S/C23H30O6/c1-20-7-5-15(24)9-14(20)3-4-16-17-6-8-22(21(17,2)10-18(25)19(16)20)23(29-13-27-22)11-26-12-28-23/h9,16-17,19H,3-8,10-13H2,1-2H3/t16-,17-,19+,20-,21-,22+,23+/m0/s1/i4D,7D,9+1,15+1/t4?,7-,16-,17-,19+,20-,21-,22+,23+. The molecule has 5 fully saturated rings. The van der Waals surface area contributed by atoms with Crippen LogP contribution in [0.4, 0.5) is 0 Å². The maximum Gasteiger partial charge on any atom is 0.226 e. The number of hydrogen-bond donors (Lipinski definition) is 0. The lowest BCUT2D eigenvalue weighted by molar-refractivity contribution is -0.246. The molecule has 158 valence electrons. The summed E-state index contributed by atoms with van der Waals surface area (Å²) in [6, 6.07) is 0. The Kier molecular flexibility index (Phi) is 3.31. The van der Waals surface area contributed by atoms with Crippen LogP contribution in [0.5, 0.6) is 0 Å². The summed E-state index contributed by atoms with van der Waals surface area (Å²) in [7, 11) is 0. The van der Waals surface area contributed by atoms with E-state index in [9.17, 15) is 9.59 Å². The Morgan fingerprint density at radius 1 is 1.14 bits per heavy atom. The van der Waals surface area contributed by atoms with Crippen molar-refractivity contribution in [1.29, 1.82) is 0 Å². The second kappa shape index (κ2) is 5.78. The number of carbonyl (C=O) groups excluding carboxylic acids is 2. The fraction of sp³-hybridized carbons (Fsp3) is 0.826. The minimum atomic E-state index is -1.00. The van der Waals surface area contributed by atoms with Crippen LogP contribution in [0.3, 0.4) is 0 Å². The van der Waals surface area contributed by atoms with Crippen LogP contribution in [0, 0.1) is 28.6 Å². The first-order chi connectivity index (χ1) is 14.7. The maximum absolute atomic E-state index is 13.9. The van der Waals surface area contributed by atoms with Crippen molar-refractivity contribution >= 4 is 11.6 Å². The highest BCUT2D eigenvalue weighted by atomic mass is 16.9. The molecule has 0 N–H and O–H groups in total. The van der Waals surface area contributed by atoms with Gasteiger partial charge in [0.15, 0.2) is 19.4 Å². The van der Waals surface area contributed by atoms with Crippen molar-refractivity contribution in [1.82, 2.24) is 0 Å². The molecule has 6 heteroatoms. The van der Waals surface area contributed by atoms with Gasteiger partial charge in [-0.15, -0.1) is 0 Å². The molecular weight excluding hydrogens is 374 g/mol. The highest BCUT2D eigenvalue weighted by molar-refractivity contribution is 5.93. The molecule has 0 aromatic heterocycles. The number of Topliss-reactive ketones (excluding diaryl/α,β-unsaturated/α-hetero) is 1. The van der Waals surface area contributed by atoms with Crippen LogP contribution in [0.15, 0.2) is 11.6 Å². The van der Waals surface area contributed by atoms with Crippen LogP contribution in [-0.4, -0.2) is 43.1 Å². The van der Waals surface area contributed by atoms with Crippen molar-refractivity contribution in [2.24, 2.45) is 28.6 Å². The van der Waals surface area contributed by atoms with Gasteiger partial charge < -0.3 is 18.9 Å². The van der Waals surface area contributed by atoms with E-state index in [1.54, 1.807) is 6.08 Å². The summed E-state index contributed by atoms with van der Waals surface area (Å²) in [6.45, 7) is 4.64. The van der Waals surface area contributed by atoms with E-state index < -0.39 is 40.9 Å². The summed E-state index contributed by atoms with van der Waals surface area (Å²) < 4.78 is 41.6. The van der Waals surface area contributed by atoms with Crippen molar-refractivity contribution in [3.8, 4) is 0 Å². The molecule has 29 heavy (non-hydrogen) atoms. The molecule has 0 aromatic rings. The number of allylic oxidation sites excluding steroid dienone is 1. The Morgan fingerprint density at radius 3 is 2.76 bits per heavy atom. The Bertz CT molecular complexity index is 878. The third-order valence-corrected chi connectivity index (χ3v) is 9.18. The highest BCUT2D eigenvalue weighted by Crippen LogP contribution is 2.70. The summed E-state index contributed by atoms with van der Waals surface area (Å²) >= 11 is 0. The molecule has 0 bridgehead atoms. The van der Waals surface area contributed by atoms with Crippen molar-refractivity contribution in [3.63, 3.8) is 0 Å². The number of ketones is 2. The molecular formula is C23H30O6. The normalized spacial score (nSPS) is 59.9. The number of ether oxygens (including phenoxy) is 4. The van der Waals surface area contributed by atoms with E-state index in [1.165, 1.54) is 0 Å². The van der Waals surface area contributed by atoms with Gasteiger partial charge in [0.25, 0.3) is 0 Å². The first kappa shape index (κ1) is 16.6. The van der Waals surface area contributed by atoms with Crippen molar-refractivity contribution in [2.75, 3.05) is 20.2 Å². The predicted octanol–water partition coefficient (Wildman–Crippen LogP) is 3.14. The molecule has 0 aromatic carbocycles. The highest BCUT2D eigenvalue weighted by Gasteiger charge is 2.76. The summed E-state index contributed by atoms with van der Waals surface area (Å²) in [5.74, 6) is -1.45. The van der Waals surface area contributed by atoms with Crippen LogP contribution in [0.1, 0.15) is 61.5 Å². The molecule has 2 aliphatic heterocycles. The second-order valence-corrected chi connectivity index (χ2v) is 10.1. The van der Waals surface area contributed by atoms with Crippen molar-refractivity contribution in [2.45, 2.75) is 70.1 Å². The molecule has 1 unspecified atom stereocenters. The SMILES string of the molecule is [2H]C1CC2=[13CH][13C](=O)C[C@H]([2H])[C@]2(C)[C@H]2C(=O)C[C@@]3(C)[C@@H](CC[C@@]34OCO[C@]43COCO3)[C@H]12. The number of fused-ring (bicyclic) bond motifs is 7. The smallest absolute Gasteiger partial charge is 0.226 e. The van der Waals surface area contributed by atoms with E-state index in [0.29, 0.717) is 19.3 Å². The second-order valence-electron chi connectivity index (χ2n) is 10.1. The third-order valence-electron chi connectivity index (χ3n) is 9.18. The molecule has 2 saturated heterocycles. The van der Waals surface area contributed by atoms with Gasteiger partial charge in [0.2, 0.25) is 5.79 Å². The van der Waals surface area contributed by atoms with Gasteiger partial charge in [0, 0.05) is 26.9 Å². The number of carbonyl (C=O) groups is 2. The molecule has 2 heterocycles. The summed E-state index contributed by atoms with van der Waals surface area (Å²) in [6.07, 6.45) is 2.94. The summed E-state index contributed by atoms with van der Waals surface area (Å²) in [5.41, 5.74) is -1.16. The molecule has 0 amide bonds. The van der Waals surface area contributed by atoms with E-state index in [-0.39, 0.29) is 50.0 Å². The zero-order valence-corrected chi connectivity index (χ0v) is 17.1. The largest absolute Gasteiger partial charge is 0.350 e. The van der Waals surface area contributed by atoms with E-state index in [0.717, 1.165) is 12.0 Å². The van der Waals surface area contributed by atoms with E-state index in [1.807, 2.05) is 6.92 Å². The average molecular weight is 406 g/mol.